The van der Waals surface area contributed by atoms with E-state index in [9.17, 15) is 24.6 Å². The van der Waals surface area contributed by atoms with Gasteiger partial charge in [-0.25, -0.2) is 24.6 Å². The average molecular weight is 2030 g/mol. The number of guanidine groups is 1. The molecule has 20 rings (SSSR count). The summed E-state index contributed by atoms with van der Waals surface area (Å²) in [4.78, 5) is 58.4. The Labute approximate surface area is 840 Å². The van der Waals surface area contributed by atoms with Gasteiger partial charge in [0.15, 0.2) is 37.0 Å². The molecule has 714 valence electrons. The fourth-order valence-corrected chi connectivity index (χ4v) is 33.6. The van der Waals surface area contributed by atoms with Crippen LogP contribution in [0.4, 0.5) is 11.4 Å². The van der Waals surface area contributed by atoms with E-state index in [0.717, 1.165) is 187 Å². The molecular formula is C116H126BBr2N7O10Si3. The van der Waals surface area contributed by atoms with Crippen molar-refractivity contribution < 1.29 is 48.3 Å². The van der Waals surface area contributed by atoms with E-state index in [0.29, 0.717) is 45.7 Å². The minimum Gasteiger partial charge on any atom is -0.423 e. The molecule has 0 saturated heterocycles. The van der Waals surface area contributed by atoms with Crippen LogP contribution in [-0.4, -0.2) is 118 Å². The second-order valence-corrected chi connectivity index (χ2v) is 57.1. The SMILES string of the molecule is C=C=N[Si](C)(C)C.CC(C)(C)[Si](OC1CCC2(CC1)Cc1ccc(Br)cc1C2=O)(c1ccccc1)c1ccccc1.N#Cc1cccc(B(O)O)c1.O=C1c2cc(Br)ccc2CC12CCC(O)CC2.[C-]#[N+]c1cccc(-c2ccc3c(c2)C(=O)C2(CCC(O[Si](c4ccccc4)(c4ccccc4)C(C)(C)C)CC2)C3)c1.[C-]#[N+]c1cccc(-c2ccc3c(c2)C2(N=C(N)N(C)O2)C2(CCC(O)CC2)C3)c1. The molecule has 8 aliphatic carbocycles. The zero-order valence-corrected chi connectivity index (χ0v) is 87.6. The molecule has 1 heterocycles. The number of nitrogens with zero attached hydrogens (tertiary/aromatic N) is 6. The summed E-state index contributed by atoms with van der Waals surface area (Å²) in [5.41, 5.74) is 18.8. The molecule has 139 heavy (non-hydrogen) atoms. The molecule has 9 aliphatic rings. The van der Waals surface area contributed by atoms with Gasteiger partial charge in [0.25, 0.3) is 16.6 Å². The molecule has 1 aliphatic heterocycles. The molecular weight excluding hydrogens is 1910 g/mol. The molecule has 4 fully saturated rings. The van der Waals surface area contributed by atoms with E-state index in [-0.39, 0.29) is 56.2 Å². The van der Waals surface area contributed by atoms with E-state index in [4.69, 9.17) is 52.9 Å². The van der Waals surface area contributed by atoms with Crippen LogP contribution in [0.25, 0.3) is 31.9 Å². The van der Waals surface area contributed by atoms with E-state index in [1.165, 1.54) is 43.5 Å². The number of benzene rings is 11. The summed E-state index contributed by atoms with van der Waals surface area (Å²) >= 11 is 6.96. The highest BCUT2D eigenvalue weighted by Crippen LogP contribution is 2.63. The van der Waals surface area contributed by atoms with Crippen molar-refractivity contribution in [2.45, 2.75) is 230 Å². The van der Waals surface area contributed by atoms with Gasteiger partial charge in [-0.2, -0.15) is 5.26 Å². The Hall–Kier alpha value is -11.0. The minimum absolute atomic E-state index is 0.0312. The van der Waals surface area contributed by atoms with Gasteiger partial charge in [0.05, 0.1) is 37.0 Å². The Morgan fingerprint density at radius 1 is 0.489 bits per heavy atom. The van der Waals surface area contributed by atoms with Crippen LogP contribution in [0.2, 0.25) is 29.7 Å². The van der Waals surface area contributed by atoms with E-state index < -0.39 is 37.7 Å². The van der Waals surface area contributed by atoms with Gasteiger partial charge in [0, 0.05) is 72.1 Å². The summed E-state index contributed by atoms with van der Waals surface area (Å²) in [5, 5.41) is 52.2. The zero-order chi connectivity index (χ0) is 99.1. The highest BCUT2D eigenvalue weighted by Gasteiger charge is 2.64. The topological polar surface area (TPSA) is 246 Å². The molecule has 23 heteroatoms. The lowest BCUT2D eigenvalue weighted by molar-refractivity contribution is -0.231. The van der Waals surface area contributed by atoms with Gasteiger partial charge in [0.1, 0.15) is 0 Å². The van der Waals surface area contributed by atoms with Gasteiger partial charge in [-0.15, -0.1) is 0 Å². The second kappa shape index (κ2) is 42.4. The van der Waals surface area contributed by atoms with E-state index in [2.05, 4.69) is 296 Å². The van der Waals surface area contributed by atoms with Crippen LogP contribution in [0, 0.1) is 46.1 Å². The number of rotatable bonds is 12. The summed E-state index contributed by atoms with van der Waals surface area (Å²) in [7, 11) is -6.11. The Bertz CT molecular complexity index is 6450. The number of nitrogens with two attached hydrogens (primary N) is 1. The number of hydrogen-bond acceptors (Lipinski definition) is 15. The van der Waals surface area contributed by atoms with Gasteiger partial charge in [0.2, 0.25) is 11.7 Å². The standard InChI is InChI=1S/C37H37NO2Si.C30H33BrO2Si.C23H24N4O2.C14H15BrO2.C7H6BNO2.C5H11NSi/c1-36(2,3)41(32-14-7-5-8-15-32,33-16-9-6-10-17-33)40-31-20-22-37(23-21-31)26-29-19-18-28(25-34(29)35(37)39)27-12-11-13-30(24-27)38-4;1-29(2,3)34(25-10-6-4-7-11-25,26-12-8-5-9-13-26)33-24-16-18-30(19-17-24)21-22-14-15-23(31)20-27(22)28(30)32;1-25-18-5-3-4-15(12-18)16-6-7-17-14-22(10-8-19(28)9-11-22)23(20(17)13-16)26-21(24)27(2)29-23;15-10-2-1-9-8-14(13(17)12(9)7-10)5-3-11(16)4-6-14;9-5-6-2-1-3-7(4-6)8(10)11;1-5-6-7(2,3)4/h5-19,24-25,31H,20-23,26H2,1-3H3;4-15,20,24H,16-19,21H2,1-3H3;3-7,12-13,19,28H,8-11,14H2,2H3,(H2,24,26);1-2,7,11,16H,3-6,8H2;1-4,10-11H;1H2,2-4H3. The van der Waals surface area contributed by atoms with Gasteiger partial charge < -0.3 is 34.8 Å². The molecule has 11 aromatic rings. The largest absolute Gasteiger partial charge is 0.488 e. The first-order valence-corrected chi connectivity index (χ1v) is 57.5. The van der Waals surface area contributed by atoms with Crippen molar-refractivity contribution in [3.05, 3.63) is 355 Å². The van der Waals surface area contributed by atoms with Crippen LogP contribution >= 0.6 is 31.9 Å². The number of hydrogen-bond donors (Lipinski definition) is 5. The van der Waals surface area contributed by atoms with Gasteiger partial charge in [-0.1, -0.05) is 280 Å². The number of carbonyl (C=O) groups is 3. The first-order valence-electron chi connectivity index (χ1n) is 48.6. The molecule has 5 spiro atoms. The third-order valence-corrected chi connectivity index (χ3v) is 42.1. The highest BCUT2D eigenvalue weighted by atomic mass is 79.9. The lowest BCUT2D eigenvalue weighted by atomic mass is 9.67. The lowest BCUT2D eigenvalue weighted by Crippen LogP contribution is -2.68. The normalized spacial score (nSPS) is 23.1. The van der Waals surface area contributed by atoms with Crippen molar-refractivity contribution >= 4 is 131 Å². The molecule has 1 unspecified atom stereocenters. The number of ketones is 3. The average Bonchev–Trinajstić information content (AvgIpc) is 1.54. The van der Waals surface area contributed by atoms with Crippen molar-refractivity contribution in [1.82, 2.24) is 5.06 Å². The second-order valence-electron chi connectivity index (χ2n) is 42.2. The quantitative estimate of drug-likeness (QED) is 0.0434. The minimum atomic E-state index is -2.63. The van der Waals surface area contributed by atoms with E-state index in [1.807, 2.05) is 72.8 Å². The number of nitriles is 1. The number of hydroxylamine groups is 2. The van der Waals surface area contributed by atoms with Crippen LogP contribution in [0.1, 0.15) is 209 Å². The number of aliphatic imine (C=N–C) groups is 1. The summed E-state index contributed by atoms with van der Waals surface area (Å²) in [5.74, 6) is 3.85. The molecule has 0 amide bonds. The van der Waals surface area contributed by atoms with Crippen molar-refractivity contribution in [3.8, 4) is 28.3 Å². The molecule has 0 aromatic heterocycles. The van der Waals surface area contributed by atoms with Gasteiger partial charge in [-0.3, -0.25) is 19.0 Å². The van der Waals surface area contributed by atoms with Gasteiger partial charge >= 0.3 is 7.12 Å². The lowest BCUT2D eigenvalue weighted by Gasteiger charge is -2.47. The highest BCUT2D eigenvalue weighted by molar-refractivity contribution is 9.10. The van der Waals surface area contributed by atoms with Crippen LogP contribution < -0.4 is 31.9 Å². The number of aliphatic hydroxyl groups is 2. The maximum atomic E-state index is 14.0. The van der Waals surface area contributed by atoms with Gasteiger partial charge in [-0.05, 0) is 302 Å². The Kier molecular flexibility index (Phi) is 31.3. The Balaban J connectivity index is 0.000000136. The number of halogens is 2. The maximum absolute atomic E-state index is 14.0. The van der Waals surface area contributed by atoms with Crippen LogP contribution in [0.3, 0.4) is 0 Å². The van der Waals surface area contributed by atoms with E-state index in [1.54, 1.807) is 30.3 Å². The number of carbonyl (C=O) groups excluding carboxylic acids is 3. The molecule has 0 radical (unpaired) electrons. The predicted octanol–water partition coefficient (Wildman–Crippen LogP) is 22.6. The maximum Gasteiger partial charge on any atom is 0.488 e. The first-order chi connectivity index (χ1) is 66.4. The summed E-state index contributed by atoms with van der Waals surface area (Å²) < 4.78 is 20.8. The molecule has 4 saturated carbocycles. The third kappa shape index (κ3) is 21.5. The predicted molar refractivity (Wildman–Crippen MR) is 573 cm³/mol. The number of Topliss-reactive ketones (excluding diaryl/α,β-unsaturated/α-hetero) is 3. The summed E-state index contributed by atoms with van der Waals surface area (Å²) in [6, 6.07) is 91.7. The third-order valence-electron chi connectivity index (χ3n) is 30.1. The van der Waals surface area contributed by atoms with Crippen molar-refractivity contribution in [3.63, 3.8) is 0 Å². The fraction of sp³-hybridized carbons (Fsp3) is 0.353. The molecule has 11 aromatic carbocycles. The summed E-state index contributed by atoms with van der Waals surface area (Å²) in [6.45, 7) is 38.4. The van der Waals surface area contributed by atoms with Crippen molar-refractivity contribution in [2.24, 2.45) is 37.0 Å². The smallest absolute Gasteiger partial charge is 0.423 e. The van der Waals surface area contributed by atoms with Crippen molar-refractivity contribution in [2.75, 3.05) is 7.05 Å². The number of aliphatic hydroxyl groups excluding tert-OH is 2. The zero-order valence-electron chi connectivity index (χ0n) is 81.4. The fourth-order valence-electron chi connectivity index (χ4n) is 22.9. The Morgan fingerprint density at radius 2 is 0.856 bits per heavy atom. The van der Waals surface area contributed by atoms with Crippen molar-refractivity contribution in [1.29, 1.82) is 5.26 Å². The van der Waals surface area contributed by atoms with Crippen LogP contribution in [0.5, 0.6) is 0 Å². The number of fused-ring (bicyclic) bond motifs is 6. The summed E-state index contributed by atoms with van der Waals surface area (Å²) in [6.07, 6.45) is 16.8. The van der Waals surface area contributed by atoms with Crippen LogP contribution in [-0.2, 0) is 45.1 Å². The molecule has 0 bridgehead atoms. The van der Waals surface area contributed by atoms with E-state index >= 15 is 0 Å². The molecule has 6 N–H and O–H groups in total. The first kappa shape index (κ1) is 102. The molecule has 17 nitrogen and oxygen atoms in total. The van der Waals surface area contributed by atoms with Crippen LogP contribution in [0.15, 0.2) is 292 Å². The monoisotopic (exact) mass is 2030 g/mol. The molecule has 1 atom stereocenters. The Morgan fingerprint density at radius 3 is 1.22 bits per heavy atom.